The van der Waals surface area contributed by atoms with Gasteiger partial charge in [-0.05, 0) is 30.8 Å². The van der Waals surface area contributed by atoms with Gasteiger partial charge in [0.1, 0.15) is 17.7 Å². The Bertz CT molecular complexity index is 675. The number of rotatable bonds is 1. The van der Waals surface area contributed by atoms with Crippen molar-refractivity contribution in [2.75, 3.05) is 13.1 Å². The molecule has 1 aromatic heterocycles. The van der Waals surface area contributed by atoms with Gasteiger partial charge in [0.05, 0.1) is 0 Å². The highest BCUT2D eigenvalue weighted by Crippen LogP contribution is 2.42. The lowest BCUT2D eigenvalue weighted by atomic mass is 9.84. The first kappa shape index (κ1) is 12.5. The number of fused-ring (bicyclic) bond motifs is 1. The van der Waals surface area contributed by atoms with E-state index in [9.17, 15) is 0 Å². The zero-order valence-electron chi connectivity index (χ0n) is 11.7. The maximum atomic E-state index is 6.35. The summed E-state index contributed by atoms with van der Waals surface area (Å²) in [6, 6.07) is 8.22. The molecule has 0 unspecified atom stereocenters. The highest BCUT2D eigenvalue weighted by atomic mass is 16.5. The molecule has 1 saturated heterocycles. The molecule has 106 valence electrons. The third kappa shape index (κ3) is 2.21. The second-order valence-electron chi connectivity index (χ2n) is 5.60. The number of hydrogen-bond acceptors (Lipinski definition) is 4. The molecule has 21 heavy (non-hydrogen) atoms. The first-order valence-electron chi connectivity index (χ1n) is 7.34. The Balaban J connectivity index is 1.87. The average molecular weight is 279 g/mol. The SMILES string of the molecule is C1=C(c2cncnc2)c2ccccc2OC12CCNCC2. The van der Waals surface area contributed by atoms with Crippen molar-refractivity contribution in [2.24, 2.45) is 0 Å². The van der Waals surface area contributed by atoms with Gasteiger partial charge in [-0.25, -0.2) is 9.97 Å². The van der Waals surface area contributed by atoms with Gasteiger partial charge < -0.3 is 10.1 Å². The first-order chi connectivity index (χ1) is 10.4. The average Bonchev–Trinajstić information content (AvgIpc) is 2.56. The molecule has 4 nitrogen and oxygen atoms in total. The van der Waals surface area contributed by atoms with Crippen LogP contribution in [0.4, 0.5) is 0 Å². The van der Waals surface area contributed by atoms with E-state index >= 15 is 0 Å². The van der Waals surface area contributed by atoms with E-state index in [0.717, 1.165) is 42.8 Å². The highest BCUT2D eigenvalue weighted by Gasteiger charge is 2.36. The van der Waals surface area contributed by atoms with Gasteiger partial charge >= 0.3 is 0 Å². The van der Waals surface area contributed by atoms with Gasteiger partial charge in [0.25, 0.3) is 0 Å². The minimum absolute atomic E-state index is 0.204. The number of benzene rings is 1. The fourth-order valence-electron chi connectivity index (χ4n) is 3.14. The Labute approximate surface area is 123 Å². The summed E-state index contributed by atoms with van der Waals surface area (Å²) in [7, 11) is 0. The van der Waals surface area contributed by atoms with Crippen LogP contribution in [-0.4, -0.2) is 28.7 Å². The minimum atomic E-state index is -0.204. The van der Waals surface area contributed by atoms with Crippen molar-refractivity contribution >= 4 is 5.57 Å². The molecule has 1 aromatic carbocycles. The van der Waals surface area contributed by atoms with Gasteiger partial charge in [0.15, 0.2) is 0 Å². The van der Waals surface area contributed by atoms with Crippen molar-refractivity contribution in [1.82, 2.24) is 15.3 Å². The Hall–Kier alpha value is -2.20. The predicted octanol–water partition coefficient (Wildman–Crippen LogP) is 2.42. The fourth-order valence-corrected chi connectivity index (χ4v) is 3.14. The molecule has 2 aromatic rings. The van der Waals surface area contributed by atoms with Crippen LogP contribution in [0.2, 0.25) is 0 Å². The Kier molecular flexibility index (Phi) is 2.97. The molecular weight excluding hydrogens is 262 g/mol. The van der Waals surface area contributed by atoms with Crippen molar-refractivity contribution in [3.05, 3.63) is 60.2 Å². The molecule has 0 aliphatic carbocycles. The molecule has 4 rings (SSSR count). The van der Waals surface area contributed by atoms with Gasteiger partial charge in [-0.15, -0.1) is 0 Å². The van der Waals surface area contributed by atoms with Crippen LogP contribution in [0.3, 0.4) is 0 Å². The second-order valence-corrected chi connectivity index (χ2v) is 5.60. The molecule has 0 radical (unpaired) electrons. The van der Waals surface area contributed by atoms with E-state index in [1.807, 2.05) is 24.5 Å². The highest BCUT2D eigenvalue weighted by molar-refractivity contribution is 5.84. The van der Waals surface area contributed by atoms with Crippen LogP contribution < -0.4 is 10.1 Å². The standard InChI is InChI=1S/C17H17N3O/c1-2-4-16-14(3-1)15(13-10-19-12-20-11-13)9-17(21-16)5-7-18-8-6-17/h1-4,9-12,18H,5-8H2. The van der Waals surface area contributed by atoms with Gasteiger partial charge in [0.2, 0.25) is 0 Å². The number of nitrogens with one attached hydrogen (secondary N) is 1. The zero-order chi connectivity index (χ0) is 14.1. The summed E-state index contributed by atoms with van der Waals surface area (Å²) in [5.74, 6) is 0.959. The van der Waals surface area contributed by atoms with Gasteiger partial charge in [-0.1, -0.05) is 18.2 Å². The summed E-state index contributed by atoms with van der Waals surface area (Å²) in [4.78, 5) is 8.32. The van der Waals surface area contributed by atoms with E-state index < -0.39 is 0 Å². The fraction of sp³-hybridized carbons (Fsp3) is 0.294. The van der Waals surface area contributed by atoms with Crippen molar-refractivity contribution < 1.29 is 4.74 Å². The molecule has 2 aliphatic rings. The normalized spacial score (nSPS) is 19.5. The summed E-state index contributed by atoms with van der Waals surface area (Å²) in [6.45, 7) is 1.97. The number of piperidine rings is 1. The van der Waals surface area contributed by atoms with Crippen molar-refractivity contribution in [1.29, 1.82) is 0 Å². The topological polar surface area (TPSA) is 47.0 Å². The lowest BCUT2D eigenvalue weighted by molar-refractivity contribution is 0.0817. The van der Waals surface area contributed by atoms with E-state index in [1.54, 1.807) is 6.33 Å². The molecule has 3 heterocycles. The van der Waals surface area contributed by atoms with E-state index in [0.29, 0.717) is 0 Å². The largest absolute Gasteiger partial charge is 0.482 e. The molecule has 0 bridgehead atoms. The molecule has 1 spiro atoms. The monoisotopic (exact) mass is 279 g/mol. The number of hydrogen-bond donors (Lipinski definition) is 1. The lowest BCUT2D eigenvalue weighted by Crippen LogP contribution is -2.46. The van der Waals surface area contributed by atoms with E-state index in [2.05, 4.69) is 33.5 Å². The molecular formula is C17H17N3O. The molecule has 2 aliphatic heterocycles. The molecule has 0 saturated carbocycles. The van der Waals surface area contributed by atoms with Crippen LogP contribution >= 0.6 is 0 Å². The molecule has 1 N–H and O–H groups in total. The van der Waals surface area contributed by atoms with Crippen LogP contribution in [0.1, 0.15) is 24.0 Å². The van der Waals surface area contributed by atoms with Gasteiger partial charge in [-0.2, -0.15) is 0 Å². The Morgan fingerprint density at radius 2 is 1.81 bits per heavy atom. The van der Waals surface area contributed by atoms with Crippen LogP contribution in [0.25, 0.3) is 5.57 Å². The van der Waals surface area contributed by atoms with E-state index in [4.69, 9.17) is 4.74 Å². The minimum Gasteiger partial charge on any atom is -0.482 e. The summed E-state index contributed by atoms with van der Waals surface area (Å²) in [6.07, 6.45) is 9.55. The molecule has 4 heteroatoms. The van der Waals surface area contributed by atoms with Gasteiger partial charge in [-0.3, -0.25) is 0 Å². The summed E-state index contributed by atoms with van der Waals surface area (Å²) < 4.78 is 6.35. The smallest absolute Gasteiger partial charge is 0.130 e. The maximum Gasteiger partial charge on any atom is 0.130 e. The van der Waals surface area contributed by atoms with E-state index in [-0.39, 0.29) is 5.60 Å². The van der Waals surface area contributed by atoms with Crippen molar-refractivity contribution in [3.8, 4) is 5.75 Å². The van der Waals surface area contributed by atoms with Crippen LogP contribution in [-0.2, 0) is 0 Å². The Morgan fingerprint density at radius 1 is 1.05 bits per heavy atom. The van der Waals surface area contributed by atoms with Crippen LogP contribution in [0, 0.1) is 0 Å². The number of ether oxygens (including phenoxy) is 1. The summed E-state index contributed by atoms with van der Waals surface area (Å²) in [5, 5.41) is 3.40. The molecule has 0 atom stereocenters. The first-order valence-corrected chi connectivity index (χ1v) is 7.34. The predicted molar refractivity (Wildman–Crippen MR) is 81.0 cm³/mol. The quantitative estimate of drug-likeness (QED) is 0.871. The number of para-hydroxylation sites is 1. The van der Waals surface area contributed by atoms with Crippen molar-refractivity contribution in [3.63, 3.8) is 0 Å². The number of aromatic nitrogens is 2. The van der Waals surface area contributed by atoms with Crippen molar-refractivity contribution in [2.45, 2.75) is 18.4 Å². The molecule has 0 amide bonds. The Morgan fingerprint density at radius 3 is 2.62 bits per heavy atom. The van der Waals surface area contributed by atoms with Gasteiger partial charge in [0, 0.05) is 36.4 Å². The maximum absolute atomic E-state index is 6.35. The summed E-state index contributed by atoms with van der Waals surface area (Å²) >= 11 is 0. The molecule has 1 fully saturated rings. The van der Waals surface area contributed by atoms with Crippen LogP contribution in [0.15, 0.2) is 49.1 Å². The lowest BCUT2D eigenvalue weighted by Gasteiger charge is -2.39. The summed E-state index contributed by atoms with van der Waals surface area (Å²) in [5.41, 5.74) is 3.15. The van der Waals surface area contributed by atoms with Crippen LogP contribution in [0.5, 0.6) is 5.75 Å². The second kappa shape index (κ2) is 4.97. The third-order valence-electron chi connectivity index (χ3n) is 4.22. The van der Waals surface area contributed by atoms with E-state index in [1.165, 1.54) is 5.57 Å². The third-order valence-corrected chi connectivity index (χ3v) is 4.22. The number of nitrogens with zero attached hydrogens (tertiary/aromatic N) is 2. The zero-order valence-corrected chi connectivity index (χ0v) is 11.7.